The SMILES string of the molecule is Nc1cccc(CSC(CCc2ccc(Cl)cc2)Cn2ccnc2)c1. The van der Waals surface area contributed by atoms with Gasteiger partial charge in [0.05, 0.1) is 6.33 Å². The van der Waals surface area contributed by atoms with E-state index in [2.05, 4.69) is 33.8 Å². The van der Waals surface area contributed by atoms with Gasteiger partial charge in [-0.15, -0.1) is 0 Å². The Kier molecular flexibility index (Phi) is 6.42. The van der Waals surface area contributed by atoms with Crippen molar-refractivity contribution in [3.05, 3.63) is 83.4 Å². The fraction of sp³-hybridized carbons (Fsp3) is 0.250. The lowest BCUT2D eigenvalue weighted by Gasteiger charge is -2.17. The molecule has 0 radical (unpaired) electrons. The lowest BCUT2D eigenvalue weighted by Crippen LogP contribution is -2.13. The first kappa shape index (κ1) is 17.9. The van der Waals surface area contributed by atoms with E-state index in [1.165, 1.54) is 11.1 Å². The molecule has 1 heterocycles. The summed E-state index contributed by atoms with van der Waals surface area (Å²) < 4.78 is 2.15. The average molecular weight is 372 g/mol. The molecule has 1 aromatic heterocycles. The number of hydrogen-bond donors (Lipinski definition) is 1. The normalized spacial score (nSPS) is 12.2. The van der Waals surface area contributed by atoms with Gasteiger partial charge in [-0.25, -0.2) is 4.98 Å². The van der Waals surface area contributed by atoms with Crippen LogP contribution in [0.4, 0.5) is 5.69 Å². The summed E-state index contributed by atoms with van der Waals surface area (Å²) in [6.07, 6.45) is 7.89. The fourth-order valence-corrected chi connectivity index (χ4v) is 4.03. The van der Waals surface area contributed by atoms with Gasteiger partial charge in [0.2, 0.25) is 0 Å². The molecule has 0 bridgehead atoms. The zero-order valence-electron chi connectivity index (χ0n) is 14.0. The van der Waals surface area contributed by atoms with Crippen LogP contribution >= 0.6 is 23.4 Å². The number of rotatable bonds is 8. The summed E-state index contributed by atoms with van der Waals surface area (Å²) >= 11 is 7.95. The number of aryl methyl sites for hydroxylation is 1. The second-order valence-electron chi connectivity index (χ2n) is 6.10. The van der Waals surface area contributed by atoms with Crippen LogP contribution < -0.4 is 5.73 Å². The van der Waals surface area contributed by atoms with Crippen LogP contribution in [0.1, 0.15) is 17.5 Å². The third kappa shape index (κ3) is 5.83. The zero-order valence-corrected chi connectivity index (χ0v) is 15.6. The zero-order chi connectivity index (χ0) is 17.5. The van der Waals surface area contributed by atoms with E-state index in [4.69, 9.17) is 17.3 Å². The highest BCUT2D eigenvalue weighted by Gasteiger charge is 2.11. The van der Waals surface area contributed by atoms with Crippen molar-refractivity contribution in [1.29, 1.82) is 0 Å². The van der Waals surface area contributed by atoms with Gasteiger partial charge in [0.25, 0.3) is 0 Å². The predicted molar refractivity (Wildman–Crippen MR) is 108 cm³/mol. The van der Waals surface area contributed by atoms with Gasteiger partial charge in [-0.3, -0.25) is 0 Å². The molecule has 0 aliphatic rings. The fourth-order valence-electron chi connectivity index (χ4n) is 2.73. The van der Waals surface area contributed by atoms with Gasteiger partial charge in [-0.2, -0.15) is 11.8 Å². The van der Waals surface area contributed by atoms with Gasteiger partial charge in [0.15, 0.2) is 0 Å². The van der Waals surface area contributed by atoms with E-state index < -0.39 is 0 Å². The van der Waals surface area contributed by atoms with E-state index in [-0.39, 0.29) is 0 Å². The van der Waals surface area contributed by atoms with E-state index in [9.17, 15) is 0 Å². The van der Waals surface area contributed by atoms with Crippen LogP contribution in [0.2, 0.25) is 5.02 Å². The Morgan fingerprint density at radius 3 is 2.68 bits per heavy atom. The molecule has 130 valence electrons. The second kappa shape index (κ2) is 8.97. The molecule has 0 amide bonds. The molecule has 0 fully saturated rings. The summed E-state index contributed by atoms with van der Waals surface area (Å²) in [5.74, 6) is 0.963. The lowest BCUT2D eigenvalue weighted by atomic mass is 10.1. The quantitative estimate of drug-likeness (QED) is 0.563. The molecule has 25 heavy (non-hydrogen) atoms. The summed E-state index contributed by atoms with van der Waals surface area (Å²) in [4.78, 5) is 4.16. The molecule has 3 aromatic rings. The summed E-state index contributed by atoms with van der Waals surface area (Å²) in [6, 6.07) is 16.3. The predicted octanol–water partition coefficient (Wildman–Crippen LogP) is 5.05. The van der Waals surface area contributed by atoms with Gasteiger partial charge < -0.3 is 10.3 Å². The van der Waals surface area contributed by atoms with Crippen LogP contribution in [0.15, 0.2) is 67.3 Å². The Morgan fingerprint density at radius 2 is 1.96 bits per heavy atom. The molecule has 0 aliphatic heterocycles. The second-order valence-corrected chi connectivity index (χ2v) is 7.83. The van der Waals surface area contributed by atoms with Crippen molar-refractivity contribution >= 4 is 29.1 Å². The number of halogens is 1. The molecule has 1 unspecified atom stereocenters. The number of imidazole rings is 1. The highest BCUT2D eigenvalue weighted by molar-refractivity contribution is 7.99. The number of nitrogens with zero attached hydrogens (tertiary/aromatic N) is 2. The standard InChI is InChI=1S/C20H22ClN3S/c21-18-7-4-16(5-8-18)6-9-20(13-24-11-10-23-15-24)25-14-17-2-1-3-19(22)12-17/h1-5,7-8,10-12,15,20H,6,9,13-14,22H2. The summed E-state index contributed by atoms with van der Waals surface area (Å²) in [5.41, 5.74) is 9.31. The van der Waals surface area contributed by atoms with E-state index in [1.807, 2.05) is 54.7 Å². The minimum atomic E-state index is 0.506. The highest BCUT2D eigenvalue weighted by atomic mass is 35.5. The molecule has 5 heteroatoms. The summed E-state index contributed by atoms with van der Waals surface area (Å²) in [7, 11) is 0. The Bertz CT molecular complexity index is 772. The van der Waals surface area contributed by atoms with Gasteiger partial charge in [-0.05, 0) is 48.2 Å². The van der Waals surface area contributed by atoms with Crippen molar-refractivity contribution in [2.75, 3.05) is 5.73 Å². The number of nitrogen functional groups attached to an aromatic ring is 1. The number of aromatic nitrogens is 2. The third-order valence-electron chi connectivity index (χ3n) is 4.08. The molecule has 0 aliphatic carbocycles. The molecular formula is C20H22ClN3S. The van der Waals surface area contributed by atoms with Crippen LogP contribution in [0.5, 0.6) is 0 Å². The van der Waals surface area contributed by atoms with Gasteiger partial charge in [0, 0.05) is 40.7 Å². The van der Waals surface area contributed by atoms with Crippen molar-refractivity contribution < 1.29 is 0 Å². The summed E-state index contributed by atoms with van der Waals surface area (Å²) in [6.45, 7) is 0.959. The molecule has 0 spiro atoms. The van der Waals surface area contributed by atoms with Crippen LogP contribution in [-0.4, -0.2) is 14.8 Å². The number of nitrogens with two attached hydrogens (primary N) is 1. The van der Waals surface area contributed by atoms with Crippen molar-refractivity contribution in [1.82, 2.24) is 9.55 Å². The number of benzene rings is 2. The molecule has 0 saturated carbocycles. The summed E-state index contributed by atoms with van der Waals surface area (Å²) in [5, 5.41) is 1.29. The van der Waals surface area contributed by atoms with E-state index in [1.54, 1.807) is 0 Å². The maximum absolute atomic E-state index is 5.97. The number of hydrogen-bond acceptors (Lipinski definition) is 3. The monoisotopic (exact) mass is 371 g/mol. The Morgan fingerprint density at radius 1 is 1.12 bits per heavy atom. The Labute approximate surface area is 158 Å². The minimum Gasteiger partial charge on any atom is -0.399 e. The maximum atomic E-state index is 5.97. The van der Waals surface area contributed by atoms with Crippen LogP contribution in [0.25, 0.3) is 0 Å². The Balaban J connectivity index is 1.61. The van der Waals surface area contributed by atoms with Crippen molar-refractivity contribution in [2.45, 2.75) is 30.4 Å². The molecule has 1 atom stereocenters. The van der Waals surface area contributed by atoms with E-state index in [0.717, 1.165) is 35.8 Å². The molecular weight excluding hydrogens is 350 g/mol. The van der Waals surface area contributed by atoms with Crippen LogP contribution in [0.3, 0.4) is 0 Å². The first-order valence-electron chi connectivity index (χ1n) is 8.35. The Hall–Kier alpha value is -1.91. The van der Waals surface area contributed by atoms with E-state index >= 15 is 0 Å². The topological polar surface area (TPSA) is 43.8 Å². The molecule has 2 aromatic carbocycles. The van der Waals surface area contributed by atoms with Gasteiger partial charge in [0.1, 0.15) is 0 Å². The maximum Gasteiger partial charge on any atom is 0.0946 e. The van der Waals surface area contributed by atoms with Crippen molar-refractivity contribution in [3.63, 3.8) is 0 Å². The first-order valence-corrected chi connectivity index (χ1v) is 9.78. The molecule has 0 saturated heterocycles. The lowest BCUT2D eigenvalue weighted by molar-refractivity contribution is 0.624. The minimum absolute atomic E-state index is 0.506. The smallest absolute Gasteiger partial charge is 0.0946 e. The first-order chi connectivity index (χ1) is 12.2. The van der Waals surface area contributed by atoms with Gasteiger partial charge in [-0.1, -0.05) is 35.9 Å². The van der Waals surface area contributed by atoms with Crippen molar-refractivity contribution in [3.8, 4) is 0 Å². The average Bonchev–Trinajstić information content (AvgIpc) is 3.12. The molecule has 3 rings (SSSR count). The van der Waals surface area contributed by atoms with Crippen LogP contribution in [0, 0.1) is 0 Å². The molecule has 2 N–H and O–H groups in total. The third-order valence-corrected chi connectivity index (χ3v) is 5.69. The largest absolute Gasteiger partial charge is 0.399 e. The van der Waals surface area contributed by atoms with Crippen LogP contribution in [-0.2, 0) is 18.7 Å². The number of thioether (sulfide) groups is 1. The number of anilines is 1. The van der Waals surface area contributed by atoms with E-state index in [0.29, 0.717) is 5.25 Å². The van der Waals surface area contributed by atoms with Gasteiger partial charge >= 0.3 is 0 Å². The highest BCUT2D eigenvalue weighted by Crippen LogP contribution is 2.25. The van der Waals surface area contributed by atoms with Crippen molar-refractivity contribution in [2.24, 2.45) is 0 Å². The molecule has 3 nitrogen and oxygen atoms in total.